The number of rotatable bonds is 7. The lowest BCUT2D eigenvalue weighted by Gasteiger charge is -2.17. The number of nitrogens with zero attached hydrogens (tertiary/aromatic N) is 3. The minimum Gasteiger partial charge on any atom is -0.497 e. The molecule has 5 nitrogen and oxygen atoms in total. The summed E-state index contributed by atoms with van der Waals surface area (Å²) in [5.41, 5.74) is 2.90. The third-order valence-electron chi connectivity index (χ3n) is 5.01. The van der Waals surface area contributed by atoms with Gasteiger partial charge in [0.05, 0.1) is 12.9 Å². The van der Waals surface area contributed by atoms with Crippen molar-refractivity contribution in [1.29, 1.82) is 0 Å². The number of aromatic nitrogens is 2. The van der Waals surface area contributed by atoms with Crippen LogP contribution in [0.15, 0.2) is 83.9 Å². The first kappa shape index (κ1) is 20.9. The molecule has 156 valence electrons. The van der Waals surface area contributed by atoms with E-state index in [0.717, 1.165) is 38.4 Å². The average Bonchev–Trinajstić information content (AvgIpc) is 2.83. The maximum atomic E-state index is 12.7. The number of thioether (sulfide) groups is 1. The molecule has 1 heterocycles. The molecule has 31 heavy (non-hydrogen) atoms. The molecule has 0 saturated heterocycles. The molecular weight excluding hydrogens is 406 g/mol. The molecule has 0 bridgehead atoms. The van der Waals surface area contributed by atoms with Crippen LogP contribution in [0.5, 0.6) is 5.75 Å². The molecule has 0 unspecified atom stereocenters. The second-order valence-corrected chi connectivity index (χ2v) is 8.12. The van der Waals surface area contributed by atoms with E-state index in [0.29, 0.717) is 12.3 Å². The number of ether oxygens (including phenoxy) is 1. The number of hydrogen-bond donors (Lipinski definition) is 0. The molecule has 0 N–H and O–H groups in total. The van der Waals surface area contributed by atoms with Crippen molar-refractivity contribution in [2.45, 2.75) is 11.6 Å². The van der Waals surface area contributed by atoms with Gasteiger partial charge in [-0.25, -0.2) is 0 Å². The van der Waals surface area contributed by atoms with Crippen LogP contribution in [0.4, 0.5) is 0 Å². The van der Waals surface area contributed by atoms with Crippen LogP contribution in [0.1, 0.15) is 5.56 Å². The molecule has 1 amide bonds. The number of carbonyl (C=O) groups excluding carboxylic acids is 1. The van der Waals surface area contributed by atoms with E-state index in [-0.39, 0.29) is 5.91 Å². The summed E-state index contributed by atoms with van der Waals surface area (Å²) in [6, 6.07) is 25.8. The fourth-order valence-electron chi connectivity index (χ4n) is 3.37. The Bertz CT molecular complexity index is 1200. The lowest BCUT2D eigenvalue weighted by atomic mass is 10.1. The lowest BCUT2D eigenvalue weighted by Crippen LogP contribution is -2.27. The summed E-state index contributed by atoms with van der Waals surface area (Å²) in [6.07, 6.45) is 0. The molecule has 0 aliphatic rings. The van der Waals surface area contributed by atoms with Gasteiger partial charge in [0.1, 0.15) is 16.5 Å². The van der Waals surface area contributed by atoms with Gasteiger partial charge >= 0.3 is 0 Å². The van der Waals surface area contributed by atoms with Crippen molar-refractivity contribution < 1.29 is 9.53 Å². The van der Waals surface area contributed by atoms with E-state index < -0.39 is 0 Å². The molecule has 3 aromatic carbocycles. The quantitative estimate of drug-likeness (QED) is 0.385. The van der Waals surface area contributed by atoms with E-state index in [1.165, 1.54) is 11.8 Å². The molecule has 0 fully saturated rings. The van der Waals surface area contributed by atoms with Crippen molar-refractivity contribution in [2.75, 3.05) is 19.9 Å². The van der Waals surface area contributed by atoms with Crippen molar-refractivity contribution in [3.8, 4) is 17.0 Å². The van der Waals surface area contributed by atoms with Gasteiger partial charge in [-0.15, -0.1) is 10.2 Å². The van der Waals surface area contributed by atoms with E-state index in [4.69, 9.17) is 4.74 Å². The number of amides is 1. The van der Waals surface area contributed by atoms with Crippen LogP contribution in [0.3, 0.4) is 0 Å². The van der Waals surface area contributed by atoms with Crippen LogP contribution in [-0.2, 0) is 11.3 Å². The number of fused-ring (bicyclic) bond motifs is 1. The van der Waals surface area contributed by atoms with Gasteiger partial charge in [0.25, 0.3) is 0 Å². The molecule has 0 aliphatic carbocycles. The zero-order valence-electron chi connectivity index (χ0n) is 17.5. The predicted molar refractivity (Wildman–Crippen MR) is 125 cm³/mol. The van der Waals surface area contributed by atoms with Gasteiger partial charge in [0.15, 0.2) is 0 Å². The summed E-state index contributed by atoms with van der Waals surface area (Å²) in [5, 5.41) is 11.7. The number of hydrogen-bond acceptors (Lipinski definition) is 5. The molecule has 4 aromatic rings. The minimum atomic E-state index is 0.0332. The Morgan fingerprint density at radius 2 is 1.68 bits per heavy atom. The maximum Gasteiger partial charge on any atom is 0.233 e. The molecular formula is C25H23N3O2S. The van der Waals surface area contributed by atoms with E-state index in [9.17, 15) is 4.79 Å². The summed E-state index contributed by atoms with van der Waals surface area (Å²) in [5.74, 6) is 1.11. The normalized spacial score (nSPS) is 10.8. The third-order valence-corrected chi connectivity index (χ3v) is 5.98. The molecule has 6 heteroatoms. The van der Waals surface area contributed by atoms with Crippen molar-refractivity contribution in [1.82, 2.24) is 15.1 Å². The number of carbonyl (C=O) groups is 1. The van der Waals surface area contributed by atoms with E-state index in [1.807, 2.05) is 85.9 Å². The second kappa shape index (κ2) is 9.62. The van der Waals surface area contributed by atoms with Gasteiger partial charge < -0.3 is 9.64 Å². The Labute approximate surface area is 186 Å². The first-order valence-corrected chi connectivity index (χ1v) is 10.9. The van der Waals surface area contributed by atoms with Crippen molar-refractivity contribution in [2.24, 2.45) is 0 Å². The van der Waals surface area contributed by atoms with Crippen molar-refractivity contribution in [3.05, 3.63) is 84.4 Å². The highest BCUT2D eigenvalue weighted by molar-refractivity contribution is 8.00. The molecule has 1 aromatic heterocycles. The second-order valence-electron chi connectivity index (χ2n) is 7.16. The lowest BCUT2D eigenvalue weighted by molar-refractivity contribution is -0.127. The number of benzene rings is 3. The van der Waals surface area contributed by atoms with Gasteiger partial charge in [0.2, 0.25) is 5.91 Å². The SMILES string of the molecule is COc1cccc(CN(C)C(=O)CSc2nnc(-c3ccccc3)c3ccccc23)c1. The van der Waals surface area contributed by atoms with E-state index >= 15 is 0 Å². The number of methoxy groups -OCH3 is 1. The smallest absolute Gasteiger partial charge is 0.233 e. The van der Waals surface area contributed by atoms with Gasteiger partial charge in [-0.1, -0.05) is 78.5 Å². The summed E-state index contributed by atoms with van der Waals surface area (Å²) >= 11 is 1.42. The summed E-state index contributed by atoms with van der Waals surface area (Å²) in [4.78, 5) is 14.4. The minimum absolute atomic E-state index is 0.0332. The van der Waals surface area contributed by atoms with Crippen LogP contribution >= 0.6 is 11.8 Å². The van der Waals surface area contributed by atoms with Gasteiger partial charge in [0, 0.05) is 29.9 Å². The first-order chi connectivity index (χ1) is 15.2. The highest BCUT2D eigenvalue weighted by atomic mass is 32.2. The van der Waals surface area contributed by atoms with Crippen LogP contribution in [-0.4, -0.2) is 40.9 Å². The zero-order valence-corrected chi connectivity index (χ0v) is 18.3. The van der Waals surface area contributed by atoms with Crippen molar-refractivity contribution in [3.63, 3.8) is 0 Å². The van der Waals surface area contributed by atoms with Crippen molar-refractivity contribution >= 4 is 28.4 Å². The molecule has 0 radical (unpaired) electrons. The Morgan fingerprint density at radius 3 is 2.45 bits per heavy atom. The van der Waals surface area contributed by atoms with E-state index in [1.54, 1.807) is 12.0 Å². The summed E-state index contributed by atoms with van der Waals surface area (Å²) < 4.78 is 5.26. The van der Waals surface area contributed by atoms with Crippen LogP contribution in [0.25, 0.3) is 22.0 Å². The highest BCUT2D eigenvalue weighted by Gasteiger charge is 2.15. The summed E-state index contributed by atoms with van der Waals surface area (Å²) in [6.45, 7) is 0.524. The predicted octanol–water partition coefficient (Wildman–Crippen LogP) is 5.06. The van der Waals surface area contributed by atoms with Crippen LogP contribution < -0.4 is 4.74 Å². The largest absolute Gasteiger partial charge is 0.497 e. The molecule has 4 rings (SSSR count). The van der Waals surface area contributed by atoms with Crippen LogP contribution in [0.2, 0.25) is 0 Å². The topological polar surface area (TPSA) is 55.3 Å². The first-order valence-electron chi connectivity index (χ1n) is 9.96. The van der Waals surface area contributed by atoms with Gasteiger partial charge in [-0.2, -0.15) is 0 Å². The summed E-state index contributed by atoms with van der Waals surface area (Å²) in [7, 11) is 3.45. The fourth-order valence-corrected chi connectivity index (χ4v) is 4.28. The van der Waals surface area contributed by atoms with E-state index in [2.05, 4.69) is 10.2 Å². The molecule has 0 atom stereocenters. The molecule has 0 saturated carbocycles. The monoisotopic (exact) mass is 429 g/mol. The Kier molecular flexibility index (Phi) is 6.48. The standard InChI is InChI=1S/C25H23N3O2S/c1-28(16-18-9-8-12-20(15-18)30-2)23(29)17-31-25-22-14-7-6-13-21(22)24(26-27-25)19-10-4-3-5-11-19/h3-15H,16-17H2,1-2H3. The van der Waals surface area contributed by atoms with Gasteiger partial charge in [-0.05, 0) is 17.7 Å². The highest BCUT2D eigenvalue weighted by Crippen LogP contribution is 2.31. The van der Waals surface area contributed by atoms with Crippen LogP contribution in [0, 0.1) is 0 Å². The molecule has 0 aliphatic heterocycles. The Morgan fingerprint density at radius 1 is 0.935 bits per heavy atom. The fraction of sp³-hybridized carbons (Fsp3) is 0.160. The average molecular weight is 430 g/mol. The zero-order chi connectivity index (χ0) is 21.6. The molecule has 0 spiro atoms. The Hall–Kier alpha value is -3.38. The maximum absolute atomic E-state index is 12.7. The third kappa shape index (κ3) is 4.86. The Balaban J connectivity index is 1.49. The van der Waals surface area contributed by atoms with Gasteiger partial charge in [-0.3, -0.25) is 4.79 Å².